The first-order valence-electron chi connectivity index (χ1n) is 9.30. The van der Waals surface area contributed by atoms with Crippen LogP contribution >= 0.6 is 0 Å². The smallest absolute Gasteiger partial charge is 0.248 e. The van der Waals surface area contributed by atoms with Crippen LogP contribution in [0.5, 0.6) is 11.5 Å². The molecule has 1 atom stereocenters. The number of nitrogens with zero attached hydrogens (tertiary/aromatic N) is 1. The number of primary amides is 1. The van der Waals surface area contributed by atoms with Crippen molar-refractivity contribution in [2.45, 2.75) is 19.4 Å². The van der Waals surface area contributed by atoms with E-state index in [9.17, 15) is 9.59 Å². The number of carbonyl (C=O) groups is 2. The summed E-state index contributed by atoms with van der Waals surface area (Å²) in [5, 5.41) is 0. The summed E-state index contributed by atoms with van der Waals surface area (Å²) in [6, 6.07) is 14.2. The number of benzene rings is 2. The highest BCUT2D eigenvalue weighted by Crippen LogP contribution is 2.34. The van der Waals surface area contributed by atoms with Crippen molar-refractivity contribution in [3.8, 4) is 11.5 Å². The van der Waals surface area contributed by atoms with E-state index in [-0.39, 0.29) is 5.78 Å². The van der Waals surface area contributed by atoms with Gasteiger partial charge in [0.1, 0.15) is 17.6 Å². The predicted octanol–water partition coefficient (Wildman–Crippen LogP) is 3.62. The fraction of sp³-hybridized carbons (Fsp3) is 0.174. The standard InChI is InChI=1S/C23H20N2O4/c1-14-13-25-10-8-18(14)22(15-2-4-16(5-3-15)23(24)27)29-17-6-7-19-20(26)9-11-28-21(19)12-17/h2-8,10,12-13,22H,9,11H2,1H3,(H2,24,27)/t22-/m0/s1. The molecule has 2 heterocycles. The van der Waals surface area contributed by atoms with Crippen molar-refractivity contribution in [3.63, 3.8) is 0 Å². The van der Waals surface area contributed by atoms with E-state index in [1.807, 2.05) is 25.1 Å². The van der Waals surface area contributed by atoms with Crippen LogP contribution in [-0.2, 0) is 0 Å². The Bertz CT molecular complexity index is 1080. The topological polar surface area (TPSA) is 91.5 Å². The van der Waals surface area contributed by atoms with Crippen LogP contribution in [0, 0.1) is 6.92 Å². The molecule has 2 N–H and O–H groups in total. The van der Waals surface area contributed by atoms with Crippen LogP contribution in [0.1, 0.15) is 49.9 Å². The molecule has 1 aliphatic rings. The zero-order valence-corrected chi connectivity index (χ0v) is 15.9. The van der Waals surface area contributed by atoms with Gasteiger partial charge in [0.05, 0.1) is 12.2 Å². The van der Waals surface area contributed by atoms with Crippen LogP contribution in [0.4, 0.5) is 0 Å². The second kappa shape index (κ2) is 7.75. The molecule has 0 bridgehead atoms. The molecule has 6 nitrogen and oxygen atoms in total. The lowest BCUT2D eigenvalue weighted by molar-refractivity contribution is 0.0932. The molecular weight excluding hydrogens is 368 g/mol. The molecule has 6 heteroatoms. The van der Waals surface area contributed by atoms with Gasteiger partial charge in [0.2, 0.25) is 5.91 Å². The molecular formula is C23H20N2O4. The number of ether oxygens (including phenoxy) is 2. The third-order valence-electron chi connectivity index (χ3n) is 4.94. The Balaban J connectivity index is 1.72. The van der Waals surface area contributed by atoms with E-state index >= 15 is 0 Å². The molecule has 0 fully saturated rings. The van der Waals surface area contributed by atoms with Gasteiger partial charge in [-0.15, -0.1) is 0 Å². The van der Waals surface area contributed by atoms with E-state index in [1.54, 1.807) is 42.7 Å². The van der Waals surface area contributed by atoms with Gasteiger partial charge < -0.3 is 15.2 Å². The van der Waals surface area contributed by atoms with Crippen molar-refractivity contribution in [1.82, 2.24) is 4.98 Å². The lowest BCUT2D eigenvalue weighted by Crippen LogP contribution is -2.16. The highest BCUT2D eigenvalue weighted by atomic mass is 16.5. The number of aryl methyl sites for hydroxylation is 1. The van der Waals surface area contributed by atoms with E-state index in [2.05, 4.69) is 4.98 Å². The minimum absolute atomic E-state index is 0.0707. The van der Waals surface area contributed by atoms with Gasteiger partial charge in [-0.3, -0.25) is 14.6 Å². The third-order valence-corrected chi connectivity index (χ3v) is 4.94. The quantitative estimate of drug-likeness (QED) is 0.721. The van der Waals surface area contributed by atoms with Crippen molar-refractivity contribution in [2.75, 3.05) is 6.61 Å². The van der Waals surface area contributed by atoms with E-state index < -0.39 is 12.0 Å². The molecule has 0 saturated heterocycles. The molecule has 2 aromatic carbocycles. The number of rotatable bonds is 5. The summed E-state index contributed by atoms with van der Waals surface area (Å²) in [4.78, 5) is 27.6. The molecule has 1 aromatic heterocycles. The monoisotopic (exact) mass is 388 g/mol. The second-order valence-electron chi connectivity index (χ2n) is 6.90. The molecule has 0 aliphatic carbocycles. The number of pyridine rings is 1. The van der Waals surface area contributed by atoms with Gasteiger partial charge in [-0.1, -0.05) is 12.1 Å². The molecule has 0 saturated carbocycles. The van der Waals surface area contributed by atoms with Crippen LogP contribution in [0.15, 0.2) is 60.9 Å². The average molecular weight is 388 g/mol. The average Bonchev–Trinajstić information content (AvgIpc) is 2.73. The minimum atomic E-state index is -0.481. The Morgan fingerprint density at radius 3 is 2.69 bits per heavy atom. The maximum Gasteiger partial charge on any atom is 0.248 e. The largest absolute Gasteiger partial charge is 0.492 e. The number of hydrogen-bond donors (Lipinski definition) is 1. The second-order valence-corrected chi connectivity index (χ2v) is 6.90. The van der Waals surface area contributed by atoms with Crippen LogP contribution in [0.3, 0.4) is 0 Å². The zero-order chi connectivity index (χ0) is 20.4. The molecule has 0 unspecified atom stereocenters. The Morgan fingerprint density at radius 1 is 1.17 bits per heavy atom. The van der Waals surface area contributed by atoms with E-state index in [0.29, 0.717) is 35.7 Å². The Morgan fingerprint density at radius 2 is 1.97 bits per heavy atom. The van der Waals surface area contributed by atoms with Gasteiger partial charge in [0.25, 0.3) is 0 Å². The zero-order valence-electron chi connectivity index (χ0n) is 15.9. The fourth-order valence-corrected chi connectivity index (χ4v) is 3.36. The van der Waals surface area contributed by atoms with Crippen molar-refractivity contribution in [2.24, 2.45) is 5.73 Å². The molecule has 3 aromatic rings. The Labute approximate surface area is 168 Å². The van der Waals surface area contributed by atoms with Crippen LogP contribution in [0.25, 0.3) is 0 Å². The Hall–Kier alpha value is -3.67. The van der Waals surface area contributed by atoms with E-state index in [1.165, 1.54) is 0 Å². The van der Waals surface area contributed by atoms with E-state index in [4.69, 9.17) is 15.2 Å². The van der Waals surface area contributed by atoms with Gasteiger partial charge in [0.15, 0.2) is 5.78 Å². The highest BCUT2D eigenvalue weighted by molar-refractivity contribution is 5.99. The summed E-state index contributed by atoms with van der Waals surface area (Å²) in [6.45, 7) is 2.34. The summed E-state index contributed by atoms with van der Waals surface area (Å²) in [5.41, 5.74) is 9.14. The molecule has 146 valence electrons. The number of nitrogens with two attached hydrogens (primary N) is 1. The first kappa shape index (κ1) is 18.7. The maximum atomic E-state index is 12.0. The first-order chi connectivity index (χ1) is 14.0. The normalized spacial score (nSPS) is 13.9. The summed E-state index contributed by atoms with van der Waals surface area (Å²) in [5.74, 6) is 0.707. The Kier molecular flexibility index (Phi) is 4.99. The summed E-state index contributed by atoms with van der Waals surface area (Å²) < 4.78 is 12.0. The number of Topliss-reactive ketones (excluding diaryl/α,β-unsaturated/α-hetero) is 1. The molecule has 29 heavy (non-hydrogen) atoms. The van der Waals surface area contributed by atoms with Crippen molar-refractivity contribution in [1.29, 1.82) is 0 Å². The number of hydrogen-bond acceptors (Lipinski definition) is 5. The van der Waals surface area contributed by atoms with Gasteiger partial charge in [-0.2, -0.15) is 0 Å². The van der Waals surface area contributed by atoms with E-state index in [0.717, 1.165) is 16.7 Å². The highest BCUT2D eigenvalue weighted by Gasteiger charge is 2.22. The van der Waals surface area contributed by atoms with Gasteiger partial charge in [0, 0.05) is 36.0 Å². The van der Waals surface area contributed by atoms with Crippen molar-refractivity contribution >= 4 is 11.7 Å². The number of ketones is 1. The molecule has 0 spiro atoms. The molecule has 0 radical (unpaired) electrons. The third kappa shape index (κ3) is 3.82. The van der Waals surface area contributed by atoms with Crippen LogP contribution < -0.4 is 15.2 Å². The van der Waals surface area contributed by atoms with Crippen molar-refractivity contribution in [3.05, 3.63) is 88.7 Å². The molecule has 4 rings (SSSR count). The lowest BCUT2D eigenvalue weighted by atomic mass is 9.97. The lowest BCUT2D eigenvalue weighted by Gasteiger charge is -2.23. The SMILES string of the molecule is Cc1cnccc1[C@@H](Oc1ccc2c(c1)OCCC2=O)c1ccc(C(N)=O)cc1. The summed E-state index contributed by atoms with van der Waals surface area (Å²) >= 11 is 0. The molecule has 1 amide bonds. The summed E-state index contributed by atoms with van der Waals surface area (Å²) in [6.07, 6.45) is 3.44. The van der Waals surface area contributed by atoms with Gasteiger partial charge in [-0.25, -0.2) is 0 Å². The number of carbonyl (C=O) groups excluding carboxylic acids is 2. The van der Waals surface area contributed by atoms with Crippen LogP contribution in [0.2, 0.25) is 0 Å². The predicted molar refractivity (Wildman–Crippen MR) is 107 cm³/mol. The number of amides is 1. The number of aromatic nitrogens is 1. The first-order valence-corrected chi connectivity index (χ1v) is 9.30. The van der Waals surface area contributed by atoms with Gasteiger partial charge in [-0.05, 0) is 48.4 Å². The molecule has 1 aliphatic heterocycles. The minimum Gasteiger partial charge on any atom is -0.492 e. The van der Waals surface area contributed by atoms with Gasteiger partial charge >= 0.3 is 0 Å². The summed E-state index contributed by atoms with van der Waals surface area (Å²) in [7, 11) is 0. The number of fused-ring (bicyclic) bond motifs is 1. The maximum absolute atomic E-state index is 12.0. The fourth-order valence-electron chi connectivity index (χ4n) is 3.36. The van der Waals surface area contributed by atoms with Crippen molar-refractivity contribution < 1.29 is 19.1 Å². The van der Waals surface area contributed by atoms with Crippen LogP contribution in [-0.4, -0.2) is 23.3 Å².